The average Bonchev–Trinajstić information content (AvgIpc) is 3.11. The topological polar surface area (TPSA) is 64.2 Å². The summed E-state index contributed by atoms with van der Waals surface area (Å²) in [4.78, 5) is 18.9. The van der Waals surface area contributed by atoms with Crippen LogP contribution in [0.15, 0.2) is 16.9 Å². The highest BCUT2D eigenvalue weighted by Crippen LogP contribution is 2.23. The summed E-state index contributed by atoms with van der Waals surface area (Å²) in [5.74, 6) is 2.05. The Balaban J connectivity index is 1.60. The van der Waals surface area contributed by atoms with E-state index in [4.69, 9.17) is 4.52 Å². The maximum absolute atomic E-state index is 12.6. The van der Waals surface area contributed by atoms with E-state index in [1.165, 1.54) is 0 Å². The van der Waals surface area contributed by atoms with Crippen molar-refractivity contribution in [3.05, 3.63) is 35.2 Å². The maximum atomic E-state index is 12.6. The maximum Gasteiger partial charge on any atom is 0.222 e. The lowest BCUT2D eigenvalue weighted by atomic mass is 10.0. The molecular formula is C17H24N4O2. The Morgan fingerprint density at radius 3 is 2.87 bits per heavy atom. The van der Waals surface area contributed by atoms with E-state index in [1.807, 2.05) is 38.1 Å². The summed E-state index contributed by atoms with van der Waals surface area (Å²) in [6.07, 6.45) is 7.19. The molecule has 0 saturated carbocycles. The molecule has 2 aromatic heterocycles. The van der Waals surface area contributed by atoms with Gasteiger partial charge >= 0.3 is 0 Å². The smallest absolute Gasteiger partial charge is 0.222 e. The quantitative estimate of drug-likeness (QED) is 0.869. The Morgan fingerprint density at radius 2 is 2.22 bits per heavy atom. The summed E-state index contributed by atoms with van der Waals surface area (Å²) in [7, 11) is 0. The molecule has 1 amide bonds. The molecule has 6 nitrogen and oxygen atoms in total. The number of rotatable bonds is 4. The van der Waals surface area contributed by atoms with Crippen molar-refractivity contribution in [3.63, 3.8) is 0 Å². The molecule has 1 fully saturated rings. The zero-order chi connectivity index (χ0) is 16.4. The van der Waals surface area contributed by atoms with E-state index < -0.39 is 0 Å². The van der Waals surface area contributed by atoms with Crippen molar-refractivity contribution < 1.29 is 9.32 Å². The predicted octanol–water partition coefficient (Wildman–Crippen LogP) is 2.59. The highest BCUT2D eigenvalue weighted by atomic mass is 16.5. The Morgan fingerprint density at radius 1 is 1.39 bits per heavy atom. The summed E-state index contributed by atoms with van der Waals surface area (Å²) in [6.45, 7) is 7.47. The van der Waals surface area contributed by atoms with Gasteiger partial charge in [0.05, 0.1) is 11.7 Å². The van der Waals surface area contributed by atoms with Crippen molar-refractivity contribution in [3.8, 4) is 0 Å². The molecule has 1 saturated heterocycles. The van der Waals surface area contributed by atoms with Gasteiger partial charge in [-0.05, 0) is 40.0 Å². The van der Waals surface area contributed by atoms with Gasteiger partial charge in [0.2, 0.25) is 5.91 Å². The van der Waals surface area contributed by atoms with E-state index in [2.05, 4.69) is 14.7 Å². The molecule has 0 aliphatic carbocycles. The average molecular weight is 316 g/mol. The van der Waals surface area contributed by atoms with Gasteiger partial charge in [-0.2, -0.15) is 0 Å². The van der Waals surface area contributed by atoms with Crippen LogP contribution >= 0.6 is 0 Å². The first-order valence-electron chi connectivity index (χ1n) is 8.25. The Bertz CT molecular complexity index is 669. The first kappa shape index (κ1) is 15.8. The SMILES string of the molecule is Cc1noc(C)c1CCC(=O)N1CCC[C@@H](n2ccnc2C)C1. The second kappa shape index (κ2) is 6.56. The standard InChI is InChI=1S/C17H24N4O2/c1-12-16(13(2)23-19-12)6-7-17(22)20-9-4-5-15(11-20)21-10-8-18-14(21)3/h8,10,15H,4-7,9,11H2,1-3H3/t15-/m1/s1. The van der Waals surface area contributed by atoms with Gasteiger partial charge in [-0.25, -0.2) is 4.98 Å². The van der Waals surface area contributed by atoms with Crippen molar-refractivity contribution >= 4 is 5.91 Å². The van der Waals surface area contributed by atoms with Crippen LogP contribution in [0.4, 0.5) is 0 Å². The number of amides is 1. The zero-order valence-corrected chi connectivity index (χ0v) is 14.1. The number of nitrogens with zero attached hydrogens (tertiary/aromatic N) is 4. The molecule has 0 spiro atoms. The minimum atomic E-state index is 0.215. The number of carbonyl (C=O) groups is 1. The minimum absolute atomic E-state index is 0.215. The molecule has 3 rings (SSSR count). The van der Waals surface area contributed by atoms with Crippen molar-refractivity contribution in [2.24, 2.45) is 0 Å². The molecule has 0 N–H and O–H groups in total. The van der Waals surface area contributed by atoms with Crippen LogP contribution in [0.3, 0.4) is 0 Å². The van der Waals surface area contributed by atoms with Gasteiger partial charge in [-0.15, -0.1) is 0 Å². The Labute approximate surface area is 136 Å². The third-order valence-corrected chi connectivity index (χ3v) is 4.78. The summed E-state index contributed by atoms with van der Waals surface area (Å²) in [5, 5.41) is 3.95. The normalized spacial score (nSPS) is 18.4. The van der Waals surface area contributed by atoms with Crippen LogP contribution in [0.2, 0.25) is 0 Å². The summed E-state index contributed by atoms with van der Waals surface area (Å²) in [6, 6.07) is 0.342. The number of hydrogen-bond donors (Lipinski definition) is 0. The van der Waals surface area contributed by atoms with Crippen molar-refractivity contribution in [1.82, 2.24) is 19.6 Å². The fourth-order valence-electron chi connectivity index (χ4n) is 3.43. The van der Waals surface area contributed by atoms with E-state index >= 15 is 0 Å². The van der Waals surface area contributed by atoms with Gasteiger partial charge in [-0.1, -0.05) is 5.16 Å². The van der Waals surface area contributed by atoms with Crippen LogP contribution in [0.25, 0.3) is 0 Å². The molecule has 0 radical (unpaired) electrons. The molecule has 1 atom stereocenters. The number of aromatic nitrogens is 3. The fourth-order valence-corrected chi connectivity index (χ4v) is 3.43. The summed E-state index contributed by atoms with van der Waals surface area (Å²) in [5.41, 5.74) is 1.96. The fraction of sp³-hybridized carbons (Fsp3) is 0.588. The molecule has 0 aromatic carbocycles. The first-order valence-corrected chi connectivity index (χ1v) is 8.25. The molecule has 2 aromatic rings. The van der Waals surface area contributed by atoms with Crippen LogP contribution < -0.4 is 0 Å². The molecular weight excluding hydrogens is 292 g/mol. The van der Waals surface area contributed by atoms with Gasteiger partial charge in [0.15, 0.2) is 0 Å². The third kappa shape index (κ3) is 3.30. The lowest BCUT2D eigenvalue weighted by molar-refractivity contribution is -0.132. The highest BCUT2D eigenvalue weighted by Gasteiger charge is 2.25. The second-order valence-corrected chi connectivity index (χ2v) is 6.32. The van der Waals surface area contributed by atoms with Crippen molar-refractivity contribution in [2.45, 2.75) is 52.5 Å². The number of hydrogen-bond acceptors (Lipinski definition) is 4. The molecule has 23 heavy (non-hydrogen) atoms. The van der Waals surface area contributed by atoms with Crippen LogP contribution in [0.1, 0.15) is 48.1 Å². The number of imidazole rings is 1. The van der Waals surface area contributed by atoms with Crippen molar-refractivity contribution in [2.75, 3.05) is 13.1 Å². The van der Waals surface area contributed by atoms with Crippen LogP contribution in [0.5, 0.6) is 0 Å². The molecule has 1 aliphatic heterocycles. The number of likely N-dealkylation sites (tertiary alicyclic amines) is 1. The van der Waals surface area contributed by atoms with E-state index in [1.54, 1.807) is 0 Å². The number of carbonyl (C=O) groups excluding carboxylic acids is 1. The predicted molar refractivity (Wildman–Crippen MR) is 86.1 cm³/mol. The minimum Gasteiger partial charge on any atom is -0.361 e. The lowest BCUT2D eigenvalue weighted by Gasteiger charge is -2.34. The Kier molecular flexibility index (Phi) is 4.50. The molecule has 3 heterocycles. The first-order chi connectivity index (χ1) is 11.1. The van der Waals surface area contributed by atoms with E-state index in [9.17, 15) is 4.79 Å². The van der Waals surface area contributed by atoms with Crippen LogP contribution in [-0.2, 0) is 11.2 Å². The van der Waals surface area contributed by atoms with Gasteiger partial charge < -0.3 is 14.0 Å². The molecule has 124 valence electrons. The lowest BCUT2D eigenvalue weighted by Crippen LogP contribution is -2.40. The van der Waals surface area contributed by atoms with Gasteiger partial charge in [0.25, 0.3) is 0 Å². The zero-order valence-electron chi connectivity index (χ0n) is 14.1. The number of piperidine rings is 1. The van der Waals surface area contributed by atoms with E-state index in [0.717, 1.165) is 48.8 Å². The highest BCUT2D eigenvalue weighted by molar-refractivity contribution is 5.76. The number of aryl methyl sites for hydroxylation is 3. The molecule has 0 bridgehead atoms. The van der Waals surface area contributed by atoms with Gasteiger partial charge in [-0.3, -0.25) is 4.79 Å². The Hall–Kier alpha value is -2.11. The molecule has 1 aliphatic rings. The third-order valence-electron chi connectivity index (χ3n) is 4.78. The largest absolute Gasteiger partial charge is 0.361 e. The summed E-state index contributed by atoms with van der Waals surface area (Å²) >= 11 is 0. The van der Waals surface area contributed by atoms with Gasteiger partial charge in [0, 0.05) is 37.5 Å². The monoisotopic (exact) mass is 316 g/mol. The van der Waals surface area contributed by atoms with E-state index in [0.29, 0.717) is 18.9 Å². The molecule has 0 unspecified atom stereocenters. The second-order valence-electron chi connectivity index (χ2n) is 6.32. The van der Waals surface area contributed by atoms with Crippen LogP contribution in [0, 0.1) is 20.8 Å². The summed E-state index contributed by atoms with van der Waals surface area (Å²) < 4.78 is 7.36. The van der Waals surface area contributed by atoms with Gasteiger partial charge in [0.1, 0.15) is 11.6 Å². The van der Waals surface area contributed by atoms with E-state index in [-0.39, 0.29) is 5.91 Å². The van der Waals surface area contributed by atoms with Crippen molar-refractivity contribution in [1.29, 1.82) is 0 Å². The molecule has 6 heteroatoms. The van der Waals surface area contributed by atoms with Crippen LogP contribution in [-0.4, -0.2) is 38.6 Å².